The zero-order valence-corrected chi connectivity index (χ0v) is 8.38. The maximum atomic E-state index is 5.07. The SMILES string of the molecule is COCCN1CCC[C@@H](C)CC1. The first kappa shape index (κ1) is 10.0. The van der Waals surface area contributed by atoms with E-state index in [9.17, 15) is 0 Å². The fraction of sp³-hybridized carbons (Fsp3) is 1.00. The number of hydrogen-bond acceptors (Lipinski definition) is 2. The third-order valence-electron chi connectivity index (χ3n) is 2.72. The summed E-state index contributed by atoms with van der Waals surface area (Å²) in [6, 6.07) is 0. The summed E-state index contributed by atoms with van der Waals surface area (Å²) in [5.41, 5.74) is 0. The van der Waals surface area contributed by atoms with Gasteiger partial charge in [-0.2, -0.15) is 0 Å². The molecule has 1 rings (SSSR count). The average Bonchev–Trinajstić information content (AvgIpc) is 2.27. The Hall–Kier alpha value is -0.0800. The number of methoxy groups -OCH3 is 1. The molecule has 0 saturated carbocycles. The van der Waals surface area contributed by atoms with E-state index >= 15 is 0 Å². The van der Waals surface area contributed by atoms with Gasteiger partial charge in [-0.3, -0.25) is 0 Å². The summed E-state index contributed by atoms with van der Waals surface area (Å²) in [7, 11) is 1.78. The Morgan fingerprint density at radius 1 is 1.33 bits per heavy atom. The summed E-state index contributed by atoms with van der Waals surface area (Å²) in [5, 5.41) is 0. The standard InChI is InChI=1S/C10H21NO/c1-10-4-3-6-11(7-5-10)8-9-12-2/h10H,3-9H2,1-2H3/t10-/m1/s1. The summed E-state index contributed by atoms with van der Waals surface area (Å²) >= 11 is 0. The Balaban J connectivity index is 2.17. The smallest absolute Gasteiger partial charge is 0.0589 e. The van der Waals surface area contributed by atoms with E-state index in [4.69, 9.17) is 4.74 Å². The highest BCUT2D eigenvalue weighted by atomic mass is 16.5. The van der Waals surface area contributed by atoms with E-state index in [-0.39, 0.29) is 0 Å². The van der Waals surface area contributed by atoms with Gasteiger partial charge in [-0.05, 0) is 38.3 Å². The van der Waals surface area contributed by atoms with Crippen molar-refractivity contribution in [2.24, 2.45) is 5.92 Å². The lowest BCUT2D eigenvalue weighted by atomic mass is 10.0. The van der Waals surface area contributed by atoms with Crippen molar-refractivity contribution in [3.63, 3.8) is 0 Å². The van der Waals surface area contributed by atoms with Crippen LogP contribution in [0, 0.1) is 5.92 Å². The number of likely N-dealkylation sites (tertiary alicyclic amines) is 1. The summed E-state index contributed by atoms with van der Waals surface area (Å²) in [6.45, 7) is 6.90. The molecule has 2 nitrogen and oxygen atoms in total. The van der Waals surface area contributed by atoms with Gasteiger partial charge in [0.15, 0.2) is 0 Å². The Bertz CT molecular complexity index is 114. The molecule has 1 atom stereocenters. The molecular weight excluding hydrogens is 150 g/mol. The van der Waals surface area contributed by atoms with E-state index in [1.54, 1.807) is 7.11 Å². The van der Waals surface area contributed by atoms with Crippen LogP contribution in [0.2, 0.25) is 0 Å². The minimum absolute atomic E-state index is 0.883. The van der Waals surface area contributed by atoms with E-state index in [0.29, 0.717) is 0 Å². The van der Waals surface area contributed by atoms with E-state index in [2.05, 4.69) is 11.8 Å². The lowest BCUT2D eigenvalue weighted by Gasteiger charge is -2.18. The van der Waals surface area contributed by atoms with Gasteiger partial charge >= 0.3 is 0 Å². The summed E-state index contributed by atoms with van der Waals surface area (Å²) in [6.07, 6.45) is 4.14. The van der Waals surface area contributed by atoms with Crippen LogP contribution in [-0.4, -0.2) is 38.3 Å². The molecule has 1 heterocycles. The van der Waals surface area contributed by atoms with Crippen LogP contribution in [0.1, 0.15) is 26.2 Å². The molecule has 72 valence electrons. The molecule has 0 amide bonds. The Morgan fingerprint density at radius 2 is 2.17 bits per heavy atom. The third kappa shape index (κ3) is 3.55. The number of rotatable bonds is 3. The van der Waals surface area contributed by atoms with Crippen molar-refractivity contribution in [2.45, 2.75) is 26.2 Å². The van der Waals surface area contributed by atoms with Gasteiger partial charge in [-0.1, -0.05) is 6.92 Å². The highest BCUT2D eigenvalue weighted by molar-refractivity contribution is 4.66. The third-order valence-corrected chi connectivity index (χ3v) is 2.72. The van der Waals surface area contributed by atoms with E-state index in [1.165, 1.54) is 32.4 Å². The molecular formula is C10H21NO. The summed E-state index contributed by atoms with van der Waals surface area (Å²) < 4.78 is 5.07. The van der Waals surface area contributed by atoms with Crippen LogP contribution in [0.25, 0.3) is 0 Å². The lowest BCUT2D eigenvalue weighted by Crippen LogP contribution is -2.28. The molecule has 0 N–H and O–H groups in total. The fourth-order valence-corrected chi connectivity index (χ4v) is 1.77. The van der Waals surface area contributed by atoms with Crippen molar-refractivity contribution in [3.05, 3.63) is 0 Å². The molecule has 0 aromatic rings. The predicted molar refractivity (Wildman–Crippen MR) is 51.3 cm³/mol. The average molecular weight is 171 g/mol. The molecule has 2 heteroatoms. The second kappa shape index (κ2) is 5.55. The topological polar surface area (TPSA) is 12.5 Å². The minimum Gasteiger partial charge on any atom is -0.383 e. The van der Waals surface area contributed by atoms with E-state index in [0.717, 1.165) is 19.1 Å². The quantitative estimate of drug-likeness (QED) is 0.641. The maximum absolute atomic E-state index is 5.07. The molecule has 0 aromatic heterocycles. The molecule has 1 aliphatic heterocycles. The molecule has 0 bridgehead atoms. The van der Waals surface area contributed by atoms with E-state index in [1.807, 2.05) is 0 Å². The van der Waals surface area contributed by atoms with Gasteiger partial charge < -0.3 is 9.64 Å². The Labute approximate surface area is 75.9 Å². The van der Waals surface area contributed by atoms with Gasteiger partial charge in [0, 0.05) is 13.7 Å². The number of ether oxygens (including phenoxy) is 1. The summed E-state index contributed by atoms with van der Waals surface area (Å²) in [4.78, 5) is 2.52. The van der Waals surface area contributed by atoms with Crippen molar-refractivity contribution < 1.29 is 4.74 Å². The first-order valence-electron chi connectivity index (χ1n) is 5.04. The zero-order valence-electron chi connectivity index (χ0n) is 8.38. The van der Waals surface area contributed by atoms with Crippen LogP contribution >= 0.6 is 0 Å². The normalized spacial score (nSPS) is 27.0. The van der Waals surface area contributed by atoms with Gasteiger partial charge in [0.1, 0.15) is 0 Å². The van der Waals surface area contributed by atoms with Crippen LogP contribution in [0.4, 0.5) is 0 Å². The molecule has 1 fully saturated rings. The first-order chi connectivity index (χ1) is 5.83. The van der Waals surface area contributed by atoms with Gasteiger partial charge in [0.2, 0.25) is 0 Å². The van der Waals surface area contributed by atoms with Crippen molar-refractivity contribution >= 4 is 0 Å². The minimum atomic E-state index is 0.883. The van der Waals surface area contributed by atoms with Crippen LogP contribution in [0.3, 0.4) is 0 Å². The second-order valence-electron chi connectivity index (χ2n) is 3.87. The van der Waals surface area contributed by atoms with Crippen molar-refractivity contribution in [1.29, 1.82) is 0 Å². The lowest BCUT2D eigenvalue weighted by molar-refractivity contribution is 0.149. The molecule has 1 saturated heterocycles. The van der Waals surface area contributed by atoms with Crippen molar-refractivity contribution in [2.75, 3.05) is 33.4 Å². The fourth-order valence-electron chi connectivity index (χ4n) is 1.77. The van der Waals surface area contributed by atoms with E-state index < -0.39 is 0 Å². The van der Waals surface area contributed by atoms with Crippen LogP contribution < -0.4 is 0 Å². The number of hydrogen-bond donors (Lipinski definition) is 0. The molecule has 0 radical (unpaired) electrons. The van der Waals surface area contributed by atoms with Crippen molar-refractivity contribution in [1.82, 2.24) is 4.90 Å². The van der Waals surface area contributed by atoms with Crippen LogP contribution in [0.5, 0.6) is 0 Å². The number of nitrogens with zero attached hydrogens (tertiary/aromatic N) is 1. The molecule has 0 spiro atoms. The Kier molecular flexibility index (Phi) is 4.62. The maximum Gasteiger partial charge on any atom is 0.0589 e. The van der Waals surface area contributed by atoms with Gasteiger partial charge in [-0.25, -0.2) is 0 Å². The van der Waals surface area contributed by atoms with Crippen LogP contribution in [0.15, 0.2) is 0 Å². The molecule has 0 aliphatic carbocycles. The molecule has 0 unspecified atom stereocenters. The van der Waals surface area contributed by atoms with Gasteiger partial charge in [-0.15, -0.1) is 0 Å². The predicted octanol–water partition coefficient (Wildman–Crippen LogP) is 1.75. The Morgan fingerprint density at radius 3 is 2.92 bits per heavy atom. The molecule has 1 aliphatic rings. The van der Waals surface area contributed by atoms with Gasteiger partial charge in [0.25, 0.3) is 0 Å². The largest absolute Gasteiger partial charge is 0.383 e. The highest BCUT2D eigenvalue weighted by Crippen LogP contribution is 2.15. The monoisotopic (exact) mass is 171 g/mol. The second-order valence-corrected chi connectivity index (χ2v) is 3.87. The van der Waals surface area contributed by atoms with Crippen LogP contribution in [-0.2, 0) is 4.74 Å². The van der Waals surface area contributed by atoms with Crippen molar-refractivity contribution in [3.8, 4) is 0 Å². The zero-order chi connectivity index (χ0) is 8.81. The van der Waals surface area contributed by atoms with Gasteiger partial charge in [0.05, 0.1) is 6.61 Å². The summed E-state index contributed by atoms with van der Waals surface area (Å²) in [5.74, 6) is 0.928. The highest BCUT2D eigenvalue weighted by Gasteiger charge is 2.12. The molecule has 0 aromatic carbocycles. The molecule has 12 heavy (non-hydrogen) atoms. The first-order valence-corrected chi connectivity index (χ1v) is 5.04.